The summed E-state index contributed by atoms with van der Waals surface area (Å²) >= 11 is 0. The quantitative estimate of drug-likeness (QED) is 0.834. The molecule has 1 N–H and O–H groups in total. The molecule has 2 fully saturated rings. The van der Waals surface area contributed by atoms with Crippen LogP contribution in [0.25, 0.3) is 0 Å². The third-order valence-electron chi connectivity index (χ3n) is 4.02. The number of benzene rings is 1. The van der Waals surface area contributed by atoms with Crippen LogP contribution in [0.1, 0.15) is 32.6 Å². The number of hydrogen-bond acceptors (Lipinski definition) is 2. The zero-order valence-electron chi connectivity index (χ0n) is 10.5. The third-order valence-corrected chi connectivity index (χ3v) is 4.02. The van der Waals surface area contributed by atoms with Crippen molar-refractivity contribution in [2.75, 3.05) is 11.9 Å². The van der Waals surface area contributed by atoms with Crippen LogP contribution < -0.4 is 10.1 Å². The fourth-order valence-corrected chi connectivity index (χ4v) is 2.96. The zero-order chi connectivity index (χ0) is 11.7. The molecule has 3 rings (SSSR count). The van der Waals surface area contributed by atoms with Gasteiger partial charge in [-0.25, -0.2) is 0 Å². The molecule has 17 heavy (non-hydrogen) atoms. The van der Waals surface area contributed by atoms with E-state index in [0.29, 0.717) is 0 Å². The summed E-state index contributed by atoms with van der Waals surface area (Å²) in [5, 5.41) is 3.66. The summed E-state index contributed by atoms with van der Waals surface area (Å²) < 4.78 is 5.58. The standard InChI is InChI=1S/C15H21NO/c1-2-9-17-13-6-4-12(5-7-13)16-15-8-3-11-10-14(11)15/h4-7,11,14-16H,2-3,8-10H2,1H3. The second-order valence-electron chi connectivity index (χ2n) is 5.36. The van der Waals surface area contributed by atoms with E-state index in [1.165, 1.54) is 24.9 Å². The molecule has 0 spiro atoms. The Hall–Kier alpha value is -1.18. The van der Waals surface area contributed by atoms with Crippen molar-refractivity contribution in [3.8, 4) is 5.75 Å². The van der Waals surface area contributed by atoms with Crippen molar-refractivity contribution in [2.24, 2.45) is 11.8 Å². The summed E-state index contributed by atoms with van der Waals surface area (Å²) in [7, 11) is 0. The first-order chi connectivity index (χ1) is 8.36. The molecule has 2 aliphatic carbocycles. The molecule has 92 valence electrons. The van der Waals surface area contributed by atoms with Crippen molar-refractivity contribution in [3.63, 3.8) is 0 Å². The fraction of sp³-hybridized carbons (Fsp3) is 0.600. The highest BCUT2D eigenvalue weighted by atomic mass is 16.5. The number of hydrogen-bond donors (Lipinski definition) is 1. The van der Waals surface area contributed by atoms with Crippen LogP contribution in [0.2, 0.25) is 0 Å². The van der Waals surface area contributed by atoms with Crippen LogP contribution in [-0.4, -0.2) is 12.6 Å². The lowest BCUT2D eigenvalue weighted by Gasteiger charge is -2.16. The van der Waals surface area contributed by atoms with Gasteiger partial charge in [0.25, 0.3) is 0 Å². The molecule has 2 nitrogen and oxygen atoms in total. The first-order valence-corrected chi connectivity index (χ1v) is 6.86. The Bertz CT molecular complexity index is 373. The molecule has 0 saturated heterocycles. The van der Waals surface area contributed by atoms with E-state index < -0.39 is 0 Å². The highest BCUT2D eigenvalue weighted by Gasteiger charge is 2.47. The first kappa shape index (κ1) is 10.9. The Kier molecular flexibility index (Phi) is 2.96. The summed E-state index contributed by atoms with van der Waals surface area (Å²) in [6.07, 6.45) is 5.30. The number of anilines is 1. The van der Waals surface area contributed by atoms with Gasteiger partial charge in [-0.3, -0.25) is 0 Å². The second-order valence-corrected chi connectivity index (χ2v) is 5.36. The van der Waals surface area contributed by atoms with Gasteiger partial charge in [-0.15, -0.1) is 0 Å². The summed E-state index contributed by atoms with van der Waals surface area (Å²) in [6, 6.07) is 9.14. The number of ether oxygens (including phenoxy) is 1. The smallest absolute Gasteiger partial charge is 0.119 e. The minimum atomic E-state index is 0.724. The molecule has 1 aromatic carbocycles. The van der Waals surface area contributed by atoms with Gasteiger partial charge >= 0.3 is 0 Å². The molecular weight excluding hydrogens is 210 g/mol. The highest BCUT2D eigenvalue weighted by Crippen LogP contribution is 2.52. The summed E-state index contributed by atoms with van der Waals surface area (Å²) in [5.41, 5.74) is 1.24. The van der Waals surface area contributed by atoms with Gasteiger partial charge in [-0.1, -0.05) is 6.92 Å². The van der Waals surface area contributed by atoms with Crippen LogP contribution in [-0.2, 0) is 0 Å². The van der Waals surface area contributed by atoms with Gasteiger partial charge in [-0.05, 0) is 61.8 Å². The van der Waals surface area contributed by atoms with Gasteiger partial charge in [0.2, 0.25) is 0 Å². The largest absolute Gasteiger partial charge is 0.494 e. The minimum absolute atomic E-state index is 0.724. The van der Waals surface area contributed by atoms with E-state index in [1.54, 1.807) is 0 Å². The zero-order valence-corrected chi connectivity index (χ0v) is 10.5. The molecule has 2 aliphatic rings. The van der Waals surface area contributed by atoms with Gasteiger partial charge in [0, 0.05) is 11.7 Å². The van der Waals surface area contributed by atoms with E-state index in [2.05, 4.69) is 36.5 Å². The molecule has 0 radical (unpaired) electrons. The Morgan fingerprint density at radius 1 is 1.24 bits per heavy atom. The molecule has 0 heterocycles. The normalized spacial score (nSPS) is 29.8. The molecule has 0 amide bonds. The van der Waals surface area contributed by atoms with Crippen molar-refractivity contribution in [1.29, 1.82) is 0 Å². The molecular formula is C15H21NO. The molecule has 0 aromatic heterocycles. The van der Waals surface area contributed by atoms with Crippen molar-refractivity contribution in [3.05, 3.63) is 24.3 Å². The van der Waals surface area contributed by atoms with Crippen LogP contribution in [0, 0.1) is 11.8 Å². The summed E-state index contributed by atoms with van der Waals surface area (Å²) in [4.78, 5) is 0. The SMILES string of the molecule is CCCOc1ccc(NC2CCC3CC32)cc1. The predicted octanol–water partition coefficient (Wildman–Crippen LogP) is 3.69. The van der Waals surface area contributed by atoms with Crippen molar-refractivity contribution >= 4 is 5.69 Å². The number of nitrogens with one attached hydrogen (secondary N) is 1. The van der Waals surface area contributed by atoms with Crippen LogP contribution >= 0.6 is 0 Å². The Labute approximate surface area is 103 Å². The molecule has 1 aromatic rings. The van der Waals surface area contributed by atoms with E-state index in [9.17, 15) is 0 Å². The maximum Gasteiger partial charge on any atom is 0.119 e. The molecule has 0 aliphatic heterocycles. The Morgan fingerprint density at radius 2 is 2.06 bits per heavy atom. The van der Waals surface area contributed by atoms with Crippen LogP contribution in [0.4, 0.5) is 5.69 Å². The van der Waals surface area contributed by atoms with Gasteiger partial charge in [-0.2, -0.15) is 0 Å². The molecule has 2 heteroatoms. The van der Waals surface area contributed by atoms with Gasteiger partial charge < -0.3 is 10.1 Å². The molecule has 2 saturated carbocycles. The lowest BCUT2D eigenvalue weighted by molar-refractivity contribution is 0.317. The lowest BCUT2D eigenvalue weighted by atomic mass is 10.1. The second kappa shape index (κ2) is 4.59. The first-order valence-electron chi connectivity index (χ1n) is 6.86. The predicted molar refractivity (Wildman–Crippen MR) is 70.5 cm³/mol. The van der Waals surface area contributed by atoms with Crippen LogP contribution in [0.3, 0.4) is 0 Å². The molecule has 3 unspecified atom stereocenters. The average Bonchev–Trinajstić information content (AvgIpc) is 3.05. The lowest BCUT2D eigenvalue weighted by Crippen LogP contribution is -2.18. The van der Waals surface area contributed by atoms with E-state index in [1.807, 2.05) is 0 Å². The van der Waals surface area contributed by atoms with E-state index in [4.69, 9.17) is 4.74 Å². The minimum Gasteiger partial charge on any atom is -0.494 e. The number of rotatable bonds is 5. The summed E-state index contributed by atoms with van der Waals surface area (Å²) in [5.74, 6) is 2.98. The van der Waals surface area contributed by atoms with E-state index in [-0.39, 0.29) is 0 Å². The van der Waals surface area contributed by atoms with Crippen molar-refractivity contribution in [2.45, 2.75) is 38.6 Å². The summed E-state index contributed by atoms with van der Waals surface area (Å²) in [6.45, 7) is 2.93. The fourth-order valence-electron chi connectivity index (χ4n) is 2.96. The van der Waals surface area contributed by atoms with Crippen LogP contribution in [0.15, 0.2) is 24.3 Å². The molecule has 0 bridgehead atoms. The van der Waals surface area contributed by atoms with Gasteiger partial charge in [0.05, 0.1) is 6.61 Å². The maximum atomic E-state index is 5.58. The Balaban J connectivity index is 1.56. The van der Waals surface area contributed by atoms with Gasteiger partial charge in [0.15, 0.2) is 0 Å². The topological polar surface area (TPSA) is 21.3 Å². The Morgan fingerprint density at radius 3 is 2.65 bits per heavy atom. The van der Waals surface area contributed by atoms with E-state index in [0.717, 1.165) is 36.7 Å². The van der Waals surface area contributed by atoms with Crippen LogP contribution in [0.5, 0.6) is 5.75 Å². The third kappa shape index (κ3) is 2.41. The van der Waals surface area contributed by atoms with Gasteiger partial charge in [0.1, 0.15) is 5.75 Å². The van der Waals surface area contributed by atoms with Crippen molar-refractivity contribution in [1.82, 2.24) is 0 Å². The number of fused-ring (bicyclic) bond motifs is 1. The monoisotopic (exact) mass is 231 g/mol. The van der Waals surface area contributed by atoms with E-state index >= 15 is 0 Å². The average molecular weight is 231 g/mol. The molecule has 3 atom stereocenters. The highest BCUT2D eigenvalue weighted by molar-refractivity contribution is 5.47. The maximum absolute atomic E-state index is 5.58. The van der Waals surface area contributed by atoms with Crippen molar-refractivity contribution < 1.29 is 4.74 Å².